The molecule has 1 saturated heterocycles. The summed E-state index contributed by atoms with van der Waals surface area (Å²) in [5, 5.41) is 8.93. The second-order valence-electron chi connectivity index (χ2n) is 5.00. The van der Waals surface area contributed by atoms with Crippen LogP contribution in [0.1, 0.15) is 26.2 Å². The monoisotopic (exact) mass is 241 g/mol. The van der Waals surface area contributed by atoms with Crippen molar-refractivity contribution in [2.45, 2.75) is 32.2 Å². The number of hydrogen-bond acceptors (Lipinski definition) is 3. The minimum atomic E-state index is -0.768. The van der Waals surface area contributed by atoms with Crippen molar-refractivity contribution >= 4 is 11.9 Å². The van der Waals surface area contributed by atoms with Crippen LogP contribution in [0.2, 0.25) is 0 Å². The minimum Gasteiger partial charge on any atom is -0.481 e. The molecule has 17 heavy (non-hydrogen) atoms. The van der Waals surface area contributed by atoms with E-state index in [0.717, 1.165) is 0 Å². The van der Waals surface area contributed by atoms with E-state index in [1.54, 1.807) is 0 Å². The average Bonchev–Trinajstić information content (AvgIpc) is 2.78. The summed E-state index contributed by atoms with van der Waals surface area (Å²) in [6.45, 7) is 3.78. The van der Waals surface area contributed by atoms with Crippen LogP contribution in [-0.2, 0) is 14.3 Å². The number of carbonyl (C=O) groups is 2. The predicted octanol–water partition coefficient (Wildman–Crippen LogP) is 0.735. The molecule has 1 N–H and O–H groups in total. The van der Waals surface area contributed by atoms with Gasteiger partial charge in [-0.15, -0.1) is 0 Å². The van der Waals surface area contributed by atoms with Gasteiger partial charge in [0.15, 0.2) is 0 Å². The SMILES string of the molecule is CC1COCCN1C(=O)C1CCC(C(=O)O)C1. The van der Waals surface area contributed by atoms with Gasteiger partial charge in [0.25, 0.3) is 0 Å². The maximum Gasteiger partial charge on any atom is 0.306 e. The molecule has 3 atom stereocenters. The van der Waals surface area contributed by atoms with E-state index in [2.05, 4.69) is 0 Å². The number of amides is 1. The molecule has 0 bridgehead atoms. The molecule has 0 spiro atoms. The van der Waals surface area contributed by atoms with E-state index >= 15 is 0 Å². The summed E-state index contributed by atoms with van der Waals surface area (Å²) in [6.07, 6.45) is 1.84. The fourth-order valence-corrected chi connectivity index (χ4v) is 2.72. The molecule has 5 nitrogen and oxygen atoms in total. The number of carboxylic acids is 1. The Balaban J connectivity index is 1.94. The van der Waals surface area contributed by atoms with Crippen LogP contribution in [0.5, 0.6) is 0 Å². The van der Waals surface area contributed by atoms with Crippen molar-refractivity contribution < 1.29 is 19.4 Å². The molecule has 2 fully saturated rings. The Morgan fingerprint density at radius 3 is 2.59 bits per heavy atom. The smallest absolute Gasteiger partial charge is 0.306 e. The topological polar surface area (TPSA) is 66.8 Å². The molecule has 0 aromatic heterocycles. The first-order valence-corrected chi connectivity index (χ1v) is 6.20. The third-order valence-electron chi connectivity index (χ3n) is 3.78. The number of carboxylic acid groups (broad SMARTS) is 1. The normalized spacial score (nSPS) is 33.7. The summed E-state index contributed by atoms with van der Waals surface area (Å²) in [7, 11) is 0. The van der Waals surface area contributed by atoms with E-state index in [0.29, 0.717) is 39.0 Å². The van der Waals surface area contributed by atoms with Crippen molar-refractivity contribution in [1.29, 1.82) is 0 Å². The Hall–Kier alpha value is -1.10. The summed E-state index contributed by atoms with van der Waals surface area (Å²) in [5.41, 5.74) is 0. The van der Waals surface area contributed by atoms with Gasteiger partial charge < -0.3 is 14.7 Å². The molecule has 1 amide bonds. The zero-order valence-electron chi connectivity index (χ0n) is 10.1. The van der Waals surface area contributed by atoms with Crippen LogP contribution in [-0.4, -0.2) is 47.7 Å². The van der Waals surface area contributed by atoms with Crippen LogP contribution in [0.3, 0.4) is 0 Å². The number of hydrogen-bond donors (Lipinski definition) is 1. The Kier molecular flexibility index (Phi) is 3.66. The van der Waals surface area contributed by atoms with Gasteiger partial charge in [-0.05, 0) is 26.2 Å². The Labute approximate surface area is 101 Å². The van der Waals surface area contributed by atoms with Crippen LogP contribution in [0.15, 0.2) is 0 Å². The van der Waals surface area contributed by atoms with Crippen molar-refractivity contribution in [2.75, 3.05) is 19.8 Å². The van der Waals surface area contributed by atoms with Crippen LogP contribution in [0, 0.1) is 11.8 Å². The molecule has 0 radical (unpaired) electrons. The summed E-state index contributed by atoms with van der Waals surface area (Å²) in [4.78, 5) is 25.0. The molecule has 2 rings (SSSR count). The number of aliphatic carboxylic acids is 1. The predicted molar refractivity (Wildman–Crippen MR) is 60.5 cm³/mol. The van der Waals surface area contributed by atoms with Crippen LogP contribution in [0.4, 0.5) is 0 Å². The molecule has 0 aromatic carbocycles. The Bertz CT molecular complexity index is 318. The first-order valence-electron chi connectivity index (χ1n) is 6.20. The van der Waals surface area contributed by atoms with E-state index in [-0.39, 0.29) is 23.8 Å². The number of morpholine rings is 1. The molecule has 2 aliphatic rings. The zero-order valence-corrected chi connectivity index (χ0v) is 10.1. The highest BCUT2D eigenvalue weighted by Gasteiger charge is 2.37. The van der Waals surface area contributed by atoms with Gasteiger partial charge in [0.05, 0.1) is 25.2 Å². The lowest BCUT2D eigenvalue weighted by Crippen LogP contribution is -2.49. The van der Waals surface area contributed by atoms with Gasteiger partial charge in [-0.3, -0.25) is 9.59 Å². The molecule has 1 aliphatic carbocycles. The van der Waals surface area contributed by atoms with Crippen molar-refractivity contribution in [3.05, 3.63) is 0 Å². The van der Waals surface area contributed by atoms with E-state index in [9.17, 15) is 9.59 Å². The van der Waals surface area contributed by atoms with Crippen LogP contribution in [0.25, 0.3) is 0 Å². The lowest BCUT2D eigenvalue weighted by molar-refractivity contribution is -0.144. The molecule has 3 unspecified atom stereocenters. The summed E-state index contributed by atoms with van der Waals surface area (Å²) in [5.74, 6) is -1.09. The molecule has 5 heteroatoms. The standard InChI is InChI=1S/C12H19NO4/c1-8-7-17-5-4-13(8)11(14)9-2-3-10(6-9)12(15)16/h8-10H,2-7H2,1H3,(H,15,16). The van der Waals surface area contributed by atoms with Gasteiger partial charge in [-0.2, -0.15) is 0 Å². The van der Waals surface area contributed by atoms with Crippen LogP contribution >= 0.6 is 0 Å². The molecule has 96 valence electrons. The summed E-state index contributed by atoms with van der Waals surface area (Å²) >= 11 is 0. The van der Waals surface area contributed by atoms with Gasteiger partial charge in [0.2, 0.25) is 5.91 Å². The molecule has 1 heterocycles. The fraction of sp³-hybridized carbons (Fsp3) is 0.833. The van der Waals surface area contributed by atoms with Gasteiger partial charge >= 0.3 is 5.97 Å². The first-order chi connectivity index (χ1) is 8.09. The Morgan fingerprint density at radius 2 is 2.00 bits per heavy atom. The minimum absolute atomic E-state index is 0.100. The number of carbonyl (C=O) groups excluding carboxylic acids is 1. The maximum atomic E-state index is 12.3. The number of rotatable bonds is 2. The Morgan fingerprint density at radius 1 is 1.29 bits per heavy atom. The highest BCUT2D eigenvalue weighted by atomic mass is 16.5. The van der Waals surface area contributed by atoms with Gasteiger partial charge in [-0.25, -0.2) is 0 Å². The highest BCUT2D eigenvalue weighted by Crippen LogP contribution is 2.33. The first kappa shape index (κ1) is 12.4. The van der Waals surface area contributed by atoms with Crippen molar-refractivity contribution in [1.82, 2.24) is 4.90 Å². The highest BCUT2D eigenvalue weighted by molar-refractivity contribution is 5.81. The lowest BCUT2D eigenvalue weighted by atomic mass is 10.0. The molecule has 0 aromatic rings. The molecule has 1 saturated carbocycles. The van der Waals surface area contributed by atoms with Crippen molar-refractivity contribution in [3.63, 3.8) is 0 Å². The fourth-order valence-electron chi connectivity index (χ4n) is 2.72. The third-order valence-corrected chi connectivity index (χ3v) is 3.78. The van der Waals surface area contributed by atoms with Gasteiger partial charge in [0, 0.05) is 12.5 Å². The second-order valence-corrected chi connectivity index (χ2v) is 5.00. The van der Waals surface area contributed by atoms with Crippen molar-refractivity contribution in [3.8, 4) is 0 Å². The third kappa shape index (κ3) is 2.60. The van der Waals surface area contributed by atoms with Crippen LogP contribution < -0.4 is 0 Å². The second kappa shape index (κ2) is 5.04. The largest absolute Gasteiger partial charge is 0.481 e. The zero-order chi connectivity index (χ0) is 12.4. The van der Waals surface area contributed by atoms with E-state index < -0.39 is 5.97 Å². The van der Waals surface area contributed by atoms with E-state index in [4.69, 9.17) is 9.84 Å². The van der Waals surface area contributed by atoms with E-state index in [1.165, 1.54) is 0 Å². The quantitative estimate of drug-likeness (QED) is 0.774. The molecule has 1 aliphatic heterocycles. The van der Waals surface area contributed by atoms with Crippen molar-refractivity contribution in [2.24, 2.45) is 11.8 Å². The average molecular weight is 241 g/mol. The maximum absolute atomic E-state index is 12.3. The van der Waals surface area contributed by atoms with Gasteiger partial charge in [0.1, 0.15) is 0 Å². The molecular formula is C12H19NO4. The van der Waals surface area contributed by atoms with Gasteiger partial charge in [-0.1, -0.05) is 0 Å². The summed E-state index contributed by atoms with van der Waals surface area (Å²) < 4.78 is 5.30. The lowest BCUT2D eigenvalue weighted by Gasteiger charge is -2.35. The van der Waals surface area contributed by atoms with E-state index in [1.807, 2.05) is 11.8 Å². The molecular weight excluding hydrogens is 222 g/mol. The number of ether oxygens (including phenoxy) is 1. The number of nitrogens with zero attached hydrogens (tertiary/aromatic N) is 1. The summed E-state index contributed by atoms with van der Waals surface area (Å²) in [6, 6.07) is 0.111.